The van der Waals surface area contributed by atoms with Crippen molar-refractivity contribution in [1.29, 1.82) is 0 Å². The lowest BCUT2D eigenvalue weighted by molar-refractivity contribution is 0.276. The van der Waals surface area contributed by atoms with Gasteiger partial charge in [-0.25, -0.2) is 0 Å². The topological polar surface area (TPSA) is 29.3 Å². The summed E-state index contributed by atoms with van der Waals surface area (Å²) in [6.07, 6.45) is 8.01. The van der Waals surface area contributed by atoms with Crippen molar-refractivity contribution in [1.82, 2.24) is 4.90 Å². The molecule has 1 aliphatic heterocycles. The van der Waals surface area contributed by atoms with Crippen LogP contribution in [-0.4, -0.2) is 30.6 Å². The van der Waals surface area contributed by atoms with E-state index in [2.05, 4.69) is 11.9 Å². The van der Waals surface area contributed by atoms with Crippen LogP contribution in [0.2, 0.25) is 0 Å². The zero-order valence-electron chi connectivity index (χ0n) is 8.76. The van der Waals surface area contributed by atoms with Crippen molar-refractivity contribution in [3.63, 3.8) is 0 Å². The number of hydrogen-bond acceptors (Lipinski definition) is 2. The Balaban J connectivity index is 1.82. The normalized spacial score (nSPS) is 34.2. The van der Waals surface area contributed by atoms with Gasteiger partial charge in [-0.15, -0.1) is 0 Å². The van der Waals surface area contributed by atoms with Crippen molar-refractivity contribution in [2.75, 3.05) is 20.1 Å². The highest BCUT2D eigenvalue weighted by Gasteiger charge is 2.40. The van der Waals surface area contributed by atoms with Crippen LogP contribution < -0.4 is 5.73 Å². The van der Waals surface area contributed by atoms with Gasteiger partial charge in [-0.2, -0.15) is 0 Å². The van der Waals surface area contributed by atoms with Gasteiger partial charge in [-0.3, -0.25) is 0 Å². The van der Waals surface area contributed by atoms with E-state index in [-0.39, 0.29) is 5.54 Å². The fraction of sp³-hybridized carbons (Fsp3) is 1.00. The summed E-state index contributed by atoms with van der Waals surface area (Å²) < 4.78 is 0. The number of likely N-dealkylation sites (tertiary alicyclic amines) is 1. The summed E-state index contributed by atoms with van der Waals surface area (Å²) in [7, 11) is 2.24. The van der Waals surface area contributed by atoms with Gasteiger partial charge >= 0.3 is 0 Å². The quantitative estimate of drug-likeness (QED) is 0.703. The second kappa shape index (κ2) is 3.58. The molecule has 1 heterocycles. The van der Waals surface area contributed by atoms with E-state index in [0.29, 0.717) is 0 Å². The van der Waals surface area contributed by atoms with Crippen LogP contribution in [0.15, 0.2) is 0 Å². The largest absolute Gasteiger partial charge is 0.325 e. The first-order valence-corrected chi connectivity index (χ1v) is 5.65. The van der Waals surface area contributed by atoms with E-state index in [9.17, 15) is 0 Å². The molecule has 0 spiro atoms. The van der Waals surface area contributed by atoms with E-state index < -0.39 is 0 Å². The van der Waals surface area contributed by atoms with E-state index in [0.717, 1.165) is 5.92 Å². The summed E-state index contributed by atoms with van der Waals surface area (Å²) in [5.41, 5.74) is 6.42. The second-order valence-electron chi connectivity index (χ2n) is 5.19. The highest BCUT2D eigenvalue weighted by Crippen LogP contribution is 2.39. The number of hydrogen-bond donors (Lipinski definition) is 1. The molecule has 13 heavy (non-hydrogen) atoms. The molecule has 1 saturated heterocycles. The van der Waals surface area contributed by atoms with Crippen LogP contribution >= 0.6 is 0 Å². The molecule has 0 bridgehead atoms. The Bertz CT molecular complexity index is 175. The molecule has 0 aromatic rings. The fourth-order valence-electron chi connectivity index (χ4n) is 2.54. The molecule has 2 aliphatic rings. The Kier molecular flexibility index (Phi) is 2.61. The predicted octanol–water partition coefficient (Wildman–Crippen LogP) is 1.60. The van der Waals surface area contributed by atoms with Crippen molar-refractivity contribution in [3.8, 4) is 0 Å². The highest BCUT2D eigenvalue weighted by atomic mass is 15.1. The van der Waals surface area contributed by atoms with E-state index in [1.165, 1.54) is 51.6 Å². The Hall–Kier alpha value is -0.0800. The second-order valence-corrected chi connectivity index (χ2v) is 5.19. The molecule has 1 atom stereocenters. The summed E-state index contributed by atoms with van der Waals surface area (Å²) in [6.45, 7) is 2.56. The minimum Gasteiger partial charge on any atom is -0.325 e. The van der Waals surface area contributed by atoms with Crippen molar-refractivity contribution in [2.45, 2.75) is 44.1 Å². The van der Waals surface area contributed by atoms with Gasteiger partial charge in [-0.1, -0.05) is 6.42 Å². The molecule has 2 nitrogen and oxygen atoms in total. The monoisotopic (exact) mass is 182 g/mol. The molecule has 0 radical (unpaired) electrons. The van der Waals surface area contributed by atoms with Crippen molar-refractivity contribution in [2.24, 2.45) is 11.7 Å². The van der Waals surface area contributed by atoms with Crippen LogP contribution in [0.3, 0.4) is 0 Å². The third kappa shape index (κ3) is 2.68. The lowest BCUT2D eigenvalue weighted by Crippen LogP contribution is -2.31. The van der Waals surface area contributed by atoms with Gasteiger partial charge < -0.3 is 10.6 Å². The smallest absolute Gasteiger partial charge is 0.0158 e. The highest BCUT2D eigenvalue weighted by molar-refractivity contribution is 5.00. The van der Waals surface area contributed by atoms with Gasteiger partial charge in [0.1, 0.15) is 0 Å². The van der Waals surface area contributed by atoms with Gasteiger partial charge in [0.25, 0.3) is 0 Å². The summed E-state index contributed by atoms with van der Waals surface area (Å²) >= 11 is 0. The number of rotatable bonds is 2. The first-order valence-electron chi connectivity index (χ1n) is 5.65. The molecule has 2 rings (SSSR count). The summed E-state index contributed by atoms with van der Waals surface area (Å²) in [5.74, 6) is 0.875. The first-order chi connectivity index (χ1) is 6.18. The van der Waals surface area contributed by atoms with Crippen molar-refractivity contribution < 1.29 is 0 Å². The SMILES string of the molecule is CN1CCCCC(CC2(N)CC2)C1. The van der Waals surface area contributed by atoms with Crippen LogP contribution in [0.4, 0.5) is 0 Å². The van der Waals surface area contributed by atoms with Gasteiger partial charge in [0, 0.05) is 12.1 Å². The maximum atomic E-state index is 6.16. The molecule has 0 amide bonds. The maximum Gasteiger partial charge on any atom is 0.0158 e. The Morgan fingerprint density at radius 2 is 2.15 bits per heavy atom. The van der Waals surface area contributed by atoms with Gasteiger partial charge in [0.05, 0.1) is 0 Å². The maximum absolute atomic E-state index is 6.16. The minimum atomic E-state index is 0.260. The van der Waals surface area contributed by atoms with Crippen LogP contribution in [-0.2, 0) is 0 Å². The third-order valence-corrected chi connectivity index (χ3v) is 3.56. The predicted molar refractivity (Wildman–Crippen MR) is 55.6 cm³/mol. The van der Waals surface area contributed by atoms with Crippen LogP contribution in [0.5, 0.6) is 0 Å². The van der Waals surface area contributed by atoms with E-state index in [1.54, 1.807) is 0 Å². The average Bonchev–Trinajstić information content (AvgIpc) is 2.79. The molecule has 1 saturated carbocycles. The van der Waals surface area contributed by atoms with Crippen LogP contribution in [0.25, 0.3) is 0 Å². The molecule has 1 aliphatic carbocycles. The third-order valence-electron chi connectivity index (χ3n) is 3.56. The van der Waals surface area contributed by atoms with Gasteiger partial charge in [-0.05, 0) is 51.6 Å². The Morgan fingerprint density at radius 1 is 1.38 bits per heavy atom. The minimum absolute atomic E-state index is 0.260. The summed E-state index contributed by atoms with van der Waals surface area (Å²) in [5, 5.41) is 0. The lowest BCUT2D eigenvalue weighted by atomic mass is 9.94. The molecule has 2 fully saturated rings. The molecule has 2 N–H and O–H groups in total. The zero-order valence-corrected chi connectivity index (χ0v) is 8.76. The Labute approximate surface area is 81.5 Å². The number of nitrogens with two attached hydrogens (primary N) is 1. The average molecular weight is 182 g/mol. The lowest BCUT2D eigenvalue weighted by Gasteiger charge is -2.22. The van der Waals surface area contributed by atoms with Gasteiger partial charge in [0.2, 0.25) is 0 Å². The number of nitrogens with zero attached hydrogens (tertiary/aromatic N) is 1. The fourth-order valence-corrected chi connectivity index (χ4v) is 2.54. The van der Waals surface area contributed by atoms with E-state index in [4.69, 9.17) is 5.73 Å². The molecule has 0 aromatic carbocycles. The summed E-state index contributed by atoms with van der Waals surface area (Å²) in [4.78, 5) is 2.48. The summed E-state index contributed by atoms with van der Waals surface area (Å²) in [6, 6.07) is 0. The van der Waals surface area contributed by atoms with E-state index >= 15 is 0 Å². The molecule has 1 unspecified atom stereocenters. The van der Waals surface area contributed by atoms with Crippen molar-refractivity contribution >= 4 is 0 Å². The molecular formula is C11H22N2. The first kappa shape index (κ1) is 9.47. The van der Waals surface area contributed by atoms with Gasteiger partial charge in [0.15, 0.2) is 0 Å². The van der Waals surface area contributed by atoms with E-state index in [1.807, 2.05) is 0 Å². The standard InChI is InChI=1S/C11H22N2/c1-13-7-3-2-4-10(9-13)8-11(12)5-6-11/h10H,2-9,12H2,1H3. The molecular weight excluding hydrogens is 160 g/mol. The van der Waals surface area contributed by atoms with Crippen molar-refractivity contribution in [3.05, 3.63) is 0 Å². The Morgan fingerprint density at radius 3 is 2.85 bits per heavy atom. The molecule has 2 heteroatoms. The molecule has 76 valence electrons. The van der Waals surface area contributed by atoms with Crippen LogP contribution in [0.1, 0.15) is 38.5 Å². The molecule has 0 aromatic heterocycles. The zero-order chi connectivity index (χ0) is 9.31. The van der Waals surface area contributed by atoms with Crippen LogP contribution in [0, 0.1) is 5.92 Å².